The van der Waals surface area contributed by atoms with Crippen LogP contribution >= 0.6 is 0 Å². The number of nitrogens with zero attached hydrogens (tertiary/aromatic N) is 1. The monoisotopic (exact) mass is 272 g/mol. The first-order valence-corrected chi connectivity index (χ1v) is 5.61. The van der Waals surface area contributed by atoms with Crippen LogP contribution in [0.1, 0.15) is 17.5 Å². The molecule has 3 amide bonds. The van der Waals surface area contributed by atoms with Crippen molar-refractivity contribution in [2.45, 2.75) is 19.1 Å². The largest absolute Gasteiger partial charge is 0.416 e. The van der Waals surface area contributed by atoms with Gasteiger partial charge in [-0.1, -0.05) is 12.1 Å². The van der Waals surface area contributed by atoms with Crippen molar-refractivity contribution < 1.29 is 22.8 Å². The quantitative estimate of drug-likeness (QED) is 0.896. The third-order valence-electron chi connectivity index (χ3n) is 2.80. The number of amides is 3. The summed E-state index contributed by atoms with van der Waals surface area (Å²) in [6, 6.07) is 4.08. The molecule has 1 N–H and O–H groups in total. The third-order valence-corrected chi connectivity index (χ3v) is 2.80. The number of halogens is 3. The Morgan fingerprint density at radius 3 is 2.32 bits per heavy atom. The predicted molar refractivity (Wildman–Crippen MR) is 60.0 cm³/mol. The van der Waals surface area contributed by atoms with Crippen LogP contribution < -0.4 is 5.32 Å². The highest BCUT2D eigenvalue weighted by atomic mass is 19.4. The molecule has 0 unspecified atom stereocenters. The van der Waals surface area contributed by atoms with Gasteiger partial charge in [0.15, 0.2) is 0 Å². The normalized spacial score (nSPS) is 16.5. The van der Waals surface area contributed by atoms with Crippen LogP contribution in [0.5, 0.6) is 0 Å². The van der Waals surface area contributed by atoms with E-state index in [2.05, 4.69) is 5.32 Å². The van der Waals surface area contributed by atoms with Crippen molar-refractivity contribution in [2.24, 2.45) is 0 Å². The standard InChI is InChI=1S/C12H11F3N2O2/c13-12(14,15)9-3-1-8(2-4-9)7-17-6-5-10(18)16-11(17)19/h1-4H,5-7H2,(H,16,18,19). The van der Waals surface area contributed by atoms with Crippen molar-refractivity contribution in [1.29, 1.82) is 0 Å². The Labute approximate surface area is 107 Å². The second-order valence-corrected chi connectivity index (χ2v) is 4.22. The summed E-state index contributed by atoms with van der Waals surface area (Å²) in [5.74, 6) is -0.339. The Morgan fingerprint density at radius 1 is 1.16 bits per heavy atom. The first-order chi connectivity index (χ1) is 8.86. The minimum atomic E-state index is -4.37. The topological polar surface area (TPSA) is 49.4 Å². The maximum Gasteiger partial charge on any atom is 0.416 e. The summed E-state index contributed by atoms with van der Waals surface area (Å²) >= 11 is 0. The van der Waals surface area contributed by atoms with Gasteiger partial charge in [0.25, 0.3) is 0 Å². The lowest BCUT2D eigenvalue weighted by Gasteiger charge is -2.26. The molecule has 0 atom stereocenters. The molecule has 0 saturated carbocycles. The van der Waals surface area contributed by atoms with E-state index in [1.807, 2.05) is 0 Å². The minimum absolute atomic E-state index is 0.178. The molecule has 1 aliphatic rings. The molecule has 0 spiro atoms. The minimum Gasteiger partial charge on any atom is -0.320 e. The summed E-state index contributed by atoms with van der Waals surface area (Å²) in [4.78, 5) is 23.8. The van der Waals surface area contributed by atoms with Gasteiger partial charge in [-0.3, -0.25) is 10.1 Å². The fourth-order valence-corrected chi connectivity index (χ4v) is 1.77. The maximum atomic E-state index is 12.4. The van der Waals surface area contributed by atoms with Crippen molar-refractivity contribution in [2.75, 3.05) is 6.54 Å². The van der Waals surface area contributed by atoms with Crippen LogP contribution in [0.15, 0.2) is 24.3 Å². The van der Waals surface area contributed by atoms with Crippen molar-refractivity contribution in [3.8, 4) is 0 Å². The molecular formula is C12H11F3N2O2. The van der Waals surface area contributed by atoms with Crippen LogP contribution in [-0.4, -0.2) is 23.4 Å². The Kier molecular flexibility index (Phi) is 3.46. The summed E-state index contributed by atoms with van der Waals surface area (Å²) in [5.41, 5.74) is -0.146. The van der Waals surface area contributed by atoms with Crippen LogP contribution in [0, 0.1) is 0 Å². The number of nitrogens with one attached hydrogen (secondary N) is 1. The summed E-state index contributed by atoms with van der Waals surface area (Å²) in [6.07, 6.45) is -4.17. The van der Waals surface area contributed by atoms with E-state index in [1.54, 1.807) is 0 Å². The number of benzene rings is 1. The highest BCUT2D eigenvalue weighted by Gasteiger charge is 2.30. The van der Waals surface area contributed by atoms with Crippen molar-refractivity contribution in [1.82, 2.24) is 10.2 Å². The SMILES string of the molecule is O=C1CCN(Cc2ccc(C(F)(F)F)cc2)C(=O)N1. The molecule has 1 fully saturated rings. The Balaban J connectivity index is 2.04. The number of carbonyl (C=O) groups is 2. The van der Waals surface area contributed by atoms with E-state index in [0.717, 1.165) is 12.1 Å². The van der Waals surface area contributed by atoms with Crippen LogP contribution in [0.4, 0.5) is 18.0 Å². The van der Waals surface area contributed by atoms with E-state index in [9.17, 15) is 22.8 Å². The van der Waals surface area contributed by atoms with E-state index in [4.69, 9.17) is 0 Å². The molecule has 0 aromatic heterocycles. The van der Waals surface area contributed by atoms with E-state index < -0.39 is 17.8 Å². The van der Waals surface area contributed by atoms with Crippen molar-refractivity contribution in [3.63, 3.8) is 0 Å². The number of hydrogen-bond donors (Lipinski definition) is 1. The smallest absolute Gasteiger partial charge is 0.320 e. The number of carbonyl (C=O) groups excluding carboxylic acids is 2. The van der Waals surface area contributed by atoms with Crippen LogP contribution in [0.25, 0.3) is 0 Å². The average Bonchev–Trinajstić information content (AvgIpc) is 2.32. The van der Waals surface area contributed by atoms with E-state index in [0.29, 0.717) is 5.56 Å². The molecule has 19 heavy (non-hydrogen) atoms. The van der Waals surface area contributed by atoms with Crippen LogP contribution in [-0.2, 0) is 17.5 Å². The number of imide groups is 1. The van der Waals surface area contributed by atoms with E-state index in [-0.39, 0.29) is 25.4 Å². The van der Waals surface area contributed by atoms with Crippen LogP contribution in [0.2, 0.25) is 0 Å². The molecule has 0 radical (unpaired) electrons. The summed E-state index contributed by atoms with van der Waals surface area (Å²) in [7, 11) is 0. The van der Waals surface area contributed by atoms with Crippen molar-refractivity contribution in [3.05, 3.63) is 35.4 Å². The first kappa shape index (κ1) is 13.4. The highest BCUT2D eigenvalue weighted by molar-refractivity contribution is 5.96. The molecule has 1 aromatic rings. The number of alkyl halides is 3. The Morgan fingerprint density at radius 2 is 1.79 bits per heavy atom. The molecule has 0 bridgehead atoms. The van der Waals surface area contributed by atoms with Crippen LogP contribution in [0.3, 0.4) is 0 Å². The lowest BCUT2D eigenvalue weighted by Crippen LogP contribution is -2.48. The van der Waals surface area contributed by atoms with Gasteiger partial charge >= 0.3 is 12.2 Å². The van der Waals surface area contributed by atoms with Gasteiger partial charge in [-0.2, -0.15) is 13.2 Å². The van der Waals surface area contributed by atoms with Gasteiger partial charge in [0.2, 0.25) is 5.91 Å². The van der Waals surface area contributed by atoms with E-state index >= 15 is 0 Å². The number of rotatable bonds is 2. The maximum absolute atomic E-state index is 12.4. The highest BCUT2D eigenvalue weighted by Crippen LogP contribution is 2.29. The summed E-state index contributed by atoms with van der Waals surface area (Å²) in [6.45, 7) is 0.447. The fraction of sp³-hybridized carbons (Fsp3) is 0.333. The molecule has 2 rings (SSSR count). The number of urea groups is 1. The molecule has 1 heterocycles. The summed E-state index contributed by atoms with van der Waals surface area (Å²) < 4.78 is 37.1. The fourth-order valence-electron chi connectivity index (χ4n) is 1.77. The Hall–Kier alpha value is -2.05. The first-order valence-electron chi connectivity index (χ1n) is 5.61. The Bertz CT molecular complexity index is 497. The van der Waals surface area contributed by atoms with Gasteiger partial charge in [-0.15, -0.1) is 0 Å². The molecule has 1 saturated heterocycles. The molecule has 7 heteroatoms. The zero-order valence-corrected chi connectivity index (χ0v) is 9.83. The van der Waals surface area contributed by atoms with Gasteiger partial charge in [-0.05, 0) is 17.7 Å². The van der Waals surface area contributed by atoms with Gasteiger partial charge in [-0.25, -0.2) is 4.79 Å². The second-order valence-electron chi connectivity index (χ2n) is 4.22. The zero-order valence-electron chi connectivity index (χ0n) is 9.83. The lowest BCUT2D eigenvalue weighted by molar-refractivity contribution is -0.137. The molecule has 102 valence electrons. The van der Waals surface area contributed by atoms with E-state index in [1.165, 1.54) is 17.0 Å². The zero-order chi connectivity index (χ0) is 14.0. The molecule has 0 aliphatic carbocycles. The number of hydrogen-bond acceptors (Lipinski definition) is 2. The predicted octanol–water partition coefficient (Wildman–Crippen LogP) is 2.15. The molecule has 1 aliphatic heterocycles. The second kappa shape index (κ2) is 4.91. The van der Waals surface area contributed by atoms with Crippen molar-refractivity contribution >= 4 is 11.9 Å². The van der Waals surface area contributed by atoms with Gasteiger partial charge in [0.1, 0.15) is 0 Å². The molecule has 1 aromatic carbocycles. The third kappa shape index (κ3) is 3.24. The van der Waals surface area contributed by atoms with Gasteiger partial charge in [0.05, 0.1) is 5.56 Å². The van der Waals surface area contributed by atoms with Gasteiger partial charge < -0.3 is 4.90 Å². The lowest BCUT2D eigenvalue weighted by atomic mass is 10.1. The van der Waals surface area contributed by atoms with Gasteiger partial charge in [0, 0.05) is 19.5 Å². The average molecular weight is 272 g/mol. The molecule has 4 nitrogen and oxygen atoms in total. The summed E-state index contributed by atoms with van der Waals surface area (Å²) in [5, 5.41) is 2.15. The molecular weight excluding hydrogens is 261 g/mol.